The molecule has 0 saturated heterocycles. The lowest BCUT2D eigenvalue weighted by Crippen LogP contribution is -2.14. The average molecular weight is 546 g/mol. The number of carbonyl (C=O) groups excluding carboxylic acids is 1. The van der Waals surface area contributed by atoms with E-state index in [1.165, 1.54) is 50.2 Å². The van der Waals surface area contributed by atoms with Gasteiger partial charge in [0.1, 0.15) is 0 Å². The Hall–Kier alpha value is -3.27. The van der Waals surface area contributed by atoms with Crippen molar-refractivity contribution in [1.29, 1.82) is 0 Å². The van der Waals surface area contributed by atoms with Crippen LogP contribution in [0.2, 0.25) is 0 Å². The van der Waals surface area contributed by atoms with Gasteiger partial charge in [-0.15, -0.1) is 32.9 Å². The molecule has 5 aromatic rings. The van der Waals surface area contributed by atoms with Crippen molar-refractivity contribution in [3.63, 3.8) is 0 Å². The topological polar surface area (TPSA) is 72.7 Å². The molecule has 37 heavy (non-hydrogen) atoms. The van der Waals surface area contributed by atoms with E-state index in [1.54, 1.807) is 11.3 Å². The van der Waals surface area contributed by atoms with Gasteiger partial charge in [-0.3, -0.25) is 4.79 Å². The fourth-order valence-corrected chi connectivity index (χ4v) is 6.45. The molecule has 0 bridgehead atoms. The lowest BCUT2D eigenvalue weighted by molar-refractivity contribution is -0.113. The number of hydrogen-bond donors (Lipinski definition) is 1. The molecule has 0 aliphatic carbocycles. The predicted octanol–water partition coefficient (Wildman–Crippen LogP) is 7.47. The monoisotopic (exact) mass is 545 g/mol. The van der Waals surface area contributed by atoms with Crippen LogP contribution in [0.1, 0.15) is 22.9 Å². The minimum atomic E-state index is -0.117. The molecule has 1 amide bonds. The number of thiophene rings is 1. The van der Waals surface area contributed by atoms with Crippen molar-refractivity contribution < 1.29 is 4.79 Å². The van der Waals surface area contributed by atoms with Gasteiger partial charge < -0.3 is 9.88 Å². The Labute approximate surface area is 228 Å². The van der Waals surface area contributed by atoms with Gasteiger partial charge in [0.05, 0.1) is 11.4 Å². The van der Waals surface area contributed by atoms with Crippen molar-refractivity contribution in [2.24, 2.45) is 0 Å². The minimum absolute atomic E-state index is 0.117. The third kappa shape index (κ3) is 5.53. The molecule has 3 aromatic heterocycles. The molecule has 5 rings (SSSR count). The summed E-state index contributed by atoms with van der Waals surface area (Å²) in [6.07, 6.45) is 0. The van der Waals surface area contributed by atoms with Crippen LogP contribution < -0.4 is 5.32 Å². The maximum Gasteiger partial charge on any atom is 0.236 e. The van der Waals surface area contributed by atoms with Gasteiger partial charge in [0.2, 0.25) is 5.91 Å². The lowest BCUT2D eigenvalue weighted by Gasteiger charge is -2.09. The Morgan fingerprint density at radius 1 is 0.919 bits per heavy atom. The highest BCUT2D eigenvalue weighted by Crippen LogP contribution is 2.39. The molecule has 0 atom stereocenters. The number of benzene rings is 2. The summed E-state index contributed by atoms with van der Waals surface area (Å²) in [5, 5.41) is 17.3. The summed E-state index contributed by atoms with van der Waals surface area (Å²) < 4.78 is 2.08. The number of aromatic nitrogens is 4. The van der Waals surface area contributed by atoms with E-state index >= 15 is 0 Å². The van der Waals surface area contributed by atoms with Crippen LogP contribution in [0.4, 0.5) is 5.13 Å². The number of aryl methyl sites for hydroxylation is 3. The van der Waals surface area contributed by atoms with E-state index in [2.05, 4.69) is 94.5 Å². The number of hydrogen-bond acceptors (Lipinski definition) is 7. The highest BCUT2D eigenvalue weighted by Gasteiger charge is 2.20. The number of thioether (sulfide) groups is 1. The minimum Gasteiger partial charge on any atom is -0.302 e. The normalized spacial score (nSPS) is 11.1. The van der Waals surface area contributed by atoms with Gasteiger partial charge in [0, 0.05) is 38.9 Å². The van der Waals surface area contributed by atoms with Crippen LogP contribution in [0, 0.1) is 20.8 Å². The molecule has 0 aliphatic heterocycles. The molecule has 3 heterocycles. The quantitative estimate of drug-likeness (QED) is 0.205. The third-order valence-corrected chi connectivity index (χ3v) is 8.66. The second kappa shape index (κ2) is 11.0. The average Bonchev–Trinajstić information content (AvgIpc) is 3.62. The van der Waals surface area contributed by atoms with Crippen molar-refractivity contribution in [3.8, 4) is 33.8 Å². The van der Waals surface area contributed by atoms with Crippen LogP contribution in [-0.4, -0.2) is 31.4 Å². The van der Waals surface area contributed by atoms with Crippen LogP contribution in [-0.2, 0) is 11.3 Å². The van der Waals surface area contributed by atoms with Gasteiger partial charge in [-0.05, 0) is 33.3 Å². The van der Waals surface area contributed by atoms with Crippen LogP contribution >= 0.6 is 34.4 Å². The summed E-state index contributed by atoms with van der Waals surface area (Å²) in [6.45, 7) is 9.07. The highest BCUT2D eigenvalue weighted by molar-refractivity contribution is 7.99. The first-order valence-electron chi connectivity index (χ1n) is 12.0. The molecule has 0 aliphatic rings. The van der Waals surface area contributed by atoms with Crippen molar-refractivity contribution in [2.45, 2.75) is 39.4 Å². The second-order valence-corrected chi connectivity index (χ2v) is 11.6. The van der Waals surface area contributed by atoms with Crippen LogP contribution in [0.5, 0.6) is 0 Å². The molecule has 1 N–H and O–H groups in total. The zero-order valence-corrected chi connectivity index (χ0v) is 23.6. The Morgan fingerprint density at radius 2 is 1.59 bits per heavy atom. The summed E-state index contributed by atoms with van der Waals surface area (Å²) in [6, 6.07) is 16.8. The third-order valence-electron chi connectivity index (χ3n) is 6.02. The molecule has 6 nitrogen and oxygen atoms in total. The predicted molar refractivity (Wildman–Crippen MR) is 156 cm³/mol. The van der Waals surface area contributed by atoms with E-state index in [9.17, 15) is 4.79 Å². The van der Waals surface area contributed by atoms with Gasteiger partial charge in [0.15, 0.2) is 16.1 Å². The van der Waals surface area contributed by atoms with E-state index in [0.29, 0.717) is 11.7 Å². The van der Waals surface area contributed by atoms with E-state index in [1.807, 2.05) is 17.5 Å². The number of thiazole rings is 1. The number of nitrogens with zero attached hydrogens (tertiary/aromatic N) is 4. The van der Waals surface area contributed by atoms with Gasteiger partial charge >= 0.3 is 0 Å². The molecule has 0 radical (unpaired) electrons. The summed E-state index contributed by atoms with van der Waals surface area (Å²) >= 11 is 4.53. The van der Waals surface area contributed by atoms with Crippen molar-refractivity contribution in [3.05, 3.63) is 75.3 Å². The first kappa shape index (κ1) is 25.4. The molecule has 0 fully saturated rings. The molecular weight excluding hydrogens is 519 g/mol. The number of rotatable bonds is 8. The lowest BCUT2D eigenvalue weighted by atomic mass is 10.0. The van der Waals surface area contributed by atoms with Crippen LogP contribution in [0.25, 0.3) is 33.8 Å². The fraction of sp³-hybridized carbons (Fsp3) is 0.214. The Morgan fingerprint density at radius 3 is 2.27 bits per heavy atom. The summed E-state index contributed by atoms with van der Waals surface area (Å²) in [7, 11) is 0. The highest BCUT2D eigenvalue weighted by atomic mass is 32.2. The maximum atomic E-state index is 12.7. The Kier molecular flexibility index (Phi) is 7.55. The van der Waals surface area contributed by atoms with Gasteiger partial charge in [-0.25, -0.2) is 4.98 Å². The number of carbonyl (C=O) groups is 1. The summed E-state index contributed by atoms with van der Waals surface area (Å²) in [5.74, 6) is 0.937. The SMILES string of the molecule is CCn1c(SCC(=O)Nc2nc(-c3ccc(C)cc3)cs2)nnc1-c1csc(C)c1-c1ccc(C)cc1. The van der Waals surface area contributed by atoms with Crippen LogP contribution in [0.3, 0.4) is 0 Å². The van der Waals surface area contributed by atoms with Crippen molar-refractivity contribution in [1.82, 2.24) is 19.7 Å². The number of nitrogens with one attached hydrogen (secondary N) is 1. The molecule has 0 saturated carbocycles. The zero-order valence-electron chi connectivity index (χ0n) is 21.1. The second-order valence-electron chi connectivity index (χ2n) is 8.74. The first-order valence-corrected chi connectivity index (χ1v) is 14.7. The largest absolute Gasteiger partial charge is 0.302 e. The fourth-order valence-electron chi connectivity index (χ4n) is 4.05. The van der Waals surface area contributed by atoms with Gasteiger partial charge in [-0.1, -0.05) is 71.4 Å². The molecule has 188 valence electrons. The van der Waals surface area contributed by atoms with Gasteiger partial charge in [0.25, 0.3) is 0 Å². The van der Waals surface area contributed by atoms with Gasteiger partial charge in [-0.2, -0.15) is 0 Å². The van der Waals surface area contributed by atoms with Crippen LogP contribution in [0.15, 0.2) is 64.4 Å². The molecule has 2 aromatic carbocycles. The number of anilines is 1. The summed E-state index contributed by atoms with van der Waals surface area (Å²) in [5.41, 5.74) is 7.77. The van der Waals surface area contributed by atoms with E-state index < -0.39 is 0 Å². The molecule has 0 unspecified atom stereocenters. The van der Waals surface area contributed by atoms with E-state index in [4.69, 9.17) is 0 Å². The first-order chi connectivity index (χ1) is 17.9. The van der Waals surface area contributed by atoms with Crippen molar-refractivity contribution >= 4 is 45.5 Å². The summed E-state index contributed by atoms with van der Waals surface area (Å²) in [4.78, 5) is 18.5. The van der Waals surface area contributed by atoms with E-state index in [-0.39, 0.29) is 11.7 Å². The number of amides is 1. The smallest absolute Gasteiger partial charge is 0.236 e. The Balaban J connectivity index is 1.29. The maximum absolute atomic E-state index is 12.7. The zero-order chi connectivity index (χ0) is 25.9. The molecule has 9 heteroatoms. The molecular formula is C28H27N5OS3. The molecule has 0 spiro atoms. The standard InChI is InChI=1S/C28H27N5OS3/c1-5-33-26(22-14-35-19(4)25(22)21-12-8-18(3)9-13-21)31-32-28(33)37-16-24(34)30-27-29-23(15-36-27)20-10-6-17(2)7-11-20/h6-15H,5,16H2,1-4H3,(H,29,30,34). The van der Waals surface area contributed by atoms with Crippen molar-refractivity contribution in [2.75, 3.05) is 11.1 Å². The Bertz CT molecular complexity index is 1530. The van der Waals surface area contributed by atoms with E-state index in [0.717, 1.165) is 27.8 Å².